The fourth-order valence-electron chi connectivity index (χ4n) is 9.87. The van der Waals surface area contributed by atoms with E-state index in [2.05, 4.69) is 0 Å². The van der Waals surface area contributed by atoms with Gasteiger partial charge < -0.3 is 80.6 Å². The minimum atomic E-state index is -1.53. The predicted octanol–water partition coefficient (Wildman–Crippen LogP) is 8.10. The van der Waals surface area contributed by atoms with Crippen LogP contribution in [0.25, 0.3) is 71.7 Å². The van der Waals surface area contributed by atoms with Crippen LogP contribution in [0.5, 0.6) is 74.7 Å². The molecule has 0 spiro atoms. The lowest BCUT2D eigenvalue weighted by Crippen LogP contribution is -2.21. The van der Waals surface area contributed by atoms with Crippen LogP contribution in [0.15, 0.2) is 65.2 Å². The van der Waals surface area contributed by atoms with E-state index in [9.17, 15) is 71.5 Å². The Kier molecular flexibility index (Phi) is 6.49. The van der Waals surface area contributed by atoms with Gasteiger partial charge in [0.15, 0.2) is 74.6 Å². The van der Waals surface area contributed by atoms with Gasteiger partial charge in [0.2, 0.25) is 28.4 Å². The lowest BCUT2D eigenvalue weighted by Gasteiger charge is -2.29. The van der Waals surface area contributed by atoms with E-state index in [4.69, 9.17) is 18.3 Å². The molecule has 2 aromatic heterocycles. The van der Waals surface area contributed by atoms with E-state index in [1.165, 1.54) is 4.57 Å². The second kappa shape index (κ2) is 11.2. The van der Waals surface area contributed by atoms with Crippen LogP contribution in [0.3, 0.4) is 0 Å². The molecule has 0 bridgehead atoms. The fourth-order valence-corrected chi connectivity index (χ4v) is 11.2. The SMILES string of the molecule is CC1(C)c2c(c(O)c3ooc4c5c(c(O)c(O)c4n4c3c2Oc2cc(O)c(O)cc2-4)SC2=C(O)C(O)=CC(O)C25)-c2c1c1cc(O)c(O)c(O)c1c1c2oc2c(O)c(O)c(O)cc21. The first-order valence-corrected chi connectivity index (χ1v) is 19.5. The highest BCUT2D eigenvalue weighted by Gasteiger charge is 2.49. The molecule has 2 aliphatic carbocycles. The summed E-state index contributed by atoms with van der Waals surface area (Å²) in [7, 11) is 0. The Balaban J connectivity index is 1.32. The molecule has 0 radical (unpaired) electrons. The average Bonchev–Trinajstić information content (AvgIpc) is 3.85. The second-order valence-electron chi connectivity index (χ2n) is 16.1. The van der Waals surface area contributed by atoms with Crippen LogP contribution < -0.4 is 4.74 Å². The van der Waals surface area contributed by atoms with Crippen molar-refractivity contribution in [1.82, 2.24) is 4.57 Å². The zero-order valence-corrected chi connectivity index (χ0v) is 32.6. The molecule has 6 aromatic carbocycles. The standard InChI is InChI=1S/C43H27NO18S/c1-43(2)24-8-3-14(48)28(51)31(54)18(8)19-9-4-15(49)29(52)34(57)36(9)60-37(19)22(24)21-25(43)39-27-40(32(21)55)62-61-38-23-20-13(47)6-16(50)30(53)41(20)63-42(23)35(58)33(56)26(38)44(27)10-5-11(45)12(46)7-17(10)59-39/h3-7,13,20,45-58H,1-2H3. The van der Waals surface area contributed by atoms with E-state index < -0.39 is 103 Å². The van der Waals surface area contributed by atoms with Gasteiger partial charge in [-0.1, -0.05) is 25.6 Å². The quantitative estimate of drug-likeness (QED) is 0.0505. The van der Waals surface area contributed by atoms with Gasteiger partial charge in [-0.2, -0.15) is 0 Å². The van der Waals surface area contributed by atoms with Crippen LogP contribution in [-0.2, 0) is 5.41 Å². The number of aliphatic hydroxyl groups excluding tert-OH is 3. The number of fused-ring (bicyclic) bond motifs is 19. The normalized spacial score (nSPS) is 17.9. The average molecular weight is 878 g/mol. The number of ether oxygens (including phenoxy) is 1. The number of hydrogen-bond donors (Lipinski definition) is 14. The van der Waals surface area contributed by atoms with E-state index in [1.807, 2.05) is 0 Å². The van der Waals surface area contributed by atoms with Gasteiger partial charge in [0.1, 0.15) is 16.6 Å². The third-order valence-corrected chi connectivity index (χ3v) is 13.8. The summed E-state index contributed by atoms with van der Waals surface area (Å²) in [5.74, 6) is -11.6. The Morgan fingerprint density at radius 3 is 2.00 bits per heavy atom. The van der Waals surface area contributed by atoms with E-state index in [-0.39, 0.29) is 98.6 Å². The molecule has 14 N–H and O–H groups in total. The highest BCUT2D eigenvalue weighted by atomic mass is 32.2. The molecular weight excluding hydrogens is 851 g/mol. The summed E-state index contributed by atoms with van der Waals surface area (Å²) in [5, 5.41) is 156. The summed E-state index contributed by atoms with van der Waals surface area (Å²) in [6.07, 6.45) is -0.563. The monoisotopic (exact) mass is 877 g/mol. The predicted molar refractivity (Wildman–Crippen MR) is 219 cm³/mol. The maximum atomic E-state index is 12.7. The first-order valence-electron chi connectivity index (χ1n) is 18.7. The molecule has 20 heteroatoms. The third kappa shape index (κ3) is 4.04. The number of thioether (sulfide) groups is 1. The number of rotatable bonds is 0. The van der Waals surface area contributed by atoms with Crippen molar-refractivity contribution in [2.45, 2.75) is 36.2 Å². The first-order chi connectivity index (χ1) is 29.8. The third-order valence-electron chi connectivity index (χ3n) is 12.5. The van der Waals surface area contributed by atoms with Crippen molar-refractivity contribution in [3.8, 4) is 91.6 Å². The van der Waals surface area contributed by atoms with Crippen molar-refractivity contribution in [3.63, 3.8) is 0 Å². The maximum absolute atomic E-state index is 12.7. The molecular formula is C43H27NO18S. The van der Waals surface area contributed by atoms with Crippen LogP contribution in [-0.4, -0.2) is 82.2 Å². The van der Waals surface area contributed by atoms with E-state index in [1.54, 1.807) is 13.8 Å². The molecule has 63 heavy (non-hydrogen) atoms. The molecule has 0 amide bonds. The highest BCUT2D eigenvalue weighted by Crippen LogP contribution is 2.67. The number of aromatic nitrogens is 1. The van der Waals surface area contributed by atoms with Gasteiger partial charge in [0.05, 0.1) is 22.6 Å². The van der Waals surface area contributed by atoms with Gasteiger partial charge in [-0.05, 0) is 29.2 Å². The molecule has 8 aromatic rings. The highest BCUT2D eigenvalue weighted by molar-refractivity contribution is 8.03. The lowest BCUT2D eigenvalue weighted by atomic mass is 9.78. The van der Waals surface area contributed by atoms with Crippen LogP contribution in [0.4, 0.5) is 0 Å². The van der Waals surface area contributed by atoms with Gasteiger partial charge in [0, 0.05) is 60.9 Å². The van der Waals surface area contributed by atoms with Crippen LogP contribution >= 0.6 is 11.8 Å². The summed E-state index contributed by atoms with van der Waals surface area (Å²) in [6.45, 7) is 3.34. The molecule has 12 rings (SSSR count). The molecule has 19 nitrogen and oxygen atoms in total. The Bertz CT molecular complexity index is 3730. The zero-order chi connectivity index (χ0) is 44.4. The van der Waals surface area contributed by atoms with E-state index >= 15 is 0 Å². The van der Waals surface area contributed by atoms with Gasteiger partial charge >= 0.3 is 0 Å². The maximum Gasteiger partial charge on any atom is 0.248 e. The Labute approximate surface area is 351 Å². The van der Waals surface area contributed by atoms with Crippen molar-refractivity contribution in [2.24, 2.45) is 0 Å². The van der Waals surface area contributed by atoms with Gasteiger partial charge in [-0.25, -0.2) is 0 Å². The van der Waals surface area contributed by atoms with Crippen molar-refractivity contribution in [2.75, 3.05) is 0 Å². The van der Waals surface area contributed by atoms with Gasteiger partial charge in [0.25, 0.3) is 0 Å². The molecule has 318 valence electrons. The number of aromatic hydroxyl groups is 11. The number of phenolic OH excluding ortho intramolecular Hbond substituents is 11. The summed E-state index contributed by atoms with van der Waals surface area (Å²) in [5.41, 5.74) is -3.39. The number of hydrogen-bond acceptors (Lipinski definition) is 19. The van der Waals surface area contributed by atoms with Gasteiger partial charge in [-0.15, -0.1) is 0 Å². The summed E-state index contributed by atoms with van der Waals surface area (Å²) in [4.78, 5) is -0.118. The smallest absolute Gasteiger partial charge is 0.248 e. The number of benzene rings is 6. The summed E-state index contributed by atoms with van der Waals surface area (Å²) in [6, 6.07) is 4.30. The minimum Gasteiger partial charge on any atom is -0.504 e. The molecule has 0 fully saturated rings. The van der Waals surface area contributed by atoms with Crippen LogP contribution in [0, 0.1) is 0 Å². The Morgan fingerprint density at radius 1 is 0.603 bits per heavy atom. The molecule has 0 saturated carbocycles. The molecule has 2 atom stereocenters. The van der Waals surface area contributed by atoms with Crippen molar-refractivity contribution in [3.05, 3.63) is 63.5 Å². The summed E-state index contributed by atoms with van der Waals surface area (Å²) < 4.78 is 26.1. The fraction of sp³-hybridized carbons (Fsp3) is 0.116. The largest absolute Gasteiger partial charge is 0.504 e. The van der Waals surface area contributed by atoms with Gasteiger partial charge in [-0.3, -0.25) is 13.7 Å². The Morgan fingerprint density at radius 2 is 1.27 bits per heavy atom. The molecule has 4 aliphatic rings. The molecule has 4 heterocycles. The number of furan rings is 1. The van der Waals surface area contributed by atoms with E-state index in [0.29, 0.717) is 0 Å². The minimum absolute atomic E-state index is 0.0167. The van der Waals surface area contributed by atoms with E-state index in [0.717, 1.165) is 42.1 Å². The number of phenols is 11. The topological polar surface area (TPSA) is 337 Å². The zero-order valence-electron chi connectivity index (χ0n) is 31.8. The van der Waals surface area contributed by atoms with Crippen molar-refractivity contribution >= 4 is 66.7 Å². The summed E-state index contributed by atoms with van der Waals surface area (Å²) >= 11 is 0.725. The lowest BCUT2D eigenvalue weighted by molar-refractivity contribution is 0.0877. The van der Waals surface area contributed by atoms with Crippen LogP contribution in [0.2, 0.25) is 0 Å². The molecule has 2 aliphatic heterocycles. The Hall–Kier alpha value is -8.23. The van der Waals surface area contributed by atoms with Crippen molar-refractivity contribution < 1.29 is 89.8 Å². The number of aliphatic hydroxyl groups is 3. The van der Waals surface area contributed by atoms with Crippen LogP contribution in [0.1, 0.15) is 36.5 Å². The number of nitrogens with zero attached hydrogens (tertiary/aromatic N) is 1. The molecule has 0 saturated heterocycles. The first kappa shape index (κ1) is 36.6. The molecule has 2 unspecified atom stereocenters. The van der Waals surface area contributed by atoms with Crippen molar-refractivity contribution in [1.29, 1.82) is 0 Å². The second-order valence-corrected chi connectivity index (χ2v) is 17.2.